The fourth-order valence-electron chi connectivity index (χ4n) is 4.23. The van der Waals surface area contributed by atoms with Crippen LogP contribution >= 0.6 is 0 Å². The standard InChI is InChI=1S/C6H8F3O2S.C6H13N.2C5H11NO.C4H8NO2S.5FH/c7-6(8,9)12(10,11)5-3-1-2-4-5;1-7-5-3-2-4-6-7;2*1-6-2-4-7-5-3-6;6-8(7)4-2-1-3-5-8;;;;;/h1-4H2;2-6H2,1H3;2*2-5H2,1H3;1-4H2;5*1H/q-1;;;;-1;;;;;. The predicted molar refractivity (Wildman–Crippen MR) is 168 cm³/mol. The summed E-state index contributed by atoms with van der Waals surface area (Å²) in [6, 6.07) is 0. The number of ether oxygens (including phenoxy) is 2. The summed E-state index contributed by atoms with van der Waals surface area (Å²) in [5, 5.41) is -0.352. The summed E-state index contributed by atoms with van der Waals surface area (Å²) >= 11 is 0. The van der Waals surface area contributed by atoms with Crippen molar-refractivity contribution in [3.63, 3.8) is 0 Å². The SMILES string of the molecule is CN1CCCCC1.CN1CCOCC1.CN1CCOCC1.F.F.F.F.F.O=S(=O)([C-]1CCCC1)C(F)(F)F.O=S1(=O)CCCC[N-]1. The maximum atomic E-state index is 11.9. The Bertz CT molecular complexity index is 835. The number of sulfone groups is 1. The van der Waals surface area contributed by atoms with Gasteiger partial charge in [0.25, 0.3) is 0 Å². The first-order valence-corrected chi connectivity index (χ1v) is 17.6. The van der Waals surface area contributed by atoms with Gasteiger partial charge < -0.3 is 28.9 Å². The van der Waals surface area contributed by atoms with Crippen molar-refractivity contribution in [2.75, 3.05) is 99.1 Å². The van der Waals surface area contributed by atoms with E-state index >= 15 is 0 Å². The summed E-state index contributed by atoms with van der Waals surface area (Å²) in [5.41, 5.74) is -5.10. The number of hydrogen-bond acceptors (Lipinski definition) is 9. The molecule has 20 heteroatoms. The molecular weight excluding hydrogens is 680 g/mol. The van der Waals surface area contributed by atoms with Gasteiger partial charge >= 0.3 is 5.51 Å². The zero-order valence-corrected chi connectivity index (χ0v) is 28.7. The highest BCUT2D eigenvalue weighted by Crippen LogP contribution is 2.40. The fourth-order valence-corrected chi connectivity index (χ4v) is 6.49. The van der Waals surface area contributed by atoms with E-state index in [9.17, 15) is 30.0 Å². The number of likely N-dealkylation sites (N-methyl/N-ethyl adjacent to an activating group) is 2. The molecule has 0 N–H and O–H groups in total. The fraction of sp³-hybridized carbons (Fsp3) is 0.962. The van der Waals surface area contributed by atoms with Gasteiger partial charge in [0.2, 0.25) is 0 Å². The molecule has 0 bridgehead atoms. The molecule has 5 aliphatic rings. The molecule has 0 unspecified atom stereocenters. The van der Waals surface area contributed by atoms with Crippen molar-refractivity contribution >= 4 is 19.9 Å². The van der Waals surface area contributed by atoms with Crippen molar-refractivity contribution in [3.8, 4) is 0 Å². The second-order valence-corrected chi connectivity index (χ2v) is 14.6. The smallest absolute Gasteiger partial charge is 0.468 e. The summed E-state index contributed by atoms with van der Waals surface area (Å²) in [5.74, 6) is 0.257. The van der Waals surface area contributed by atoms with E-state index in [0.717, 1.165) is 65.4 Å². The highest BCUT2D eigenvalue weighted by molar-refractivity contribution is 7.95. The normalized spacial score (nSPS) is 22.0. The Hall–Kier alpha value is -0.900. The Balaban J connectivity index is -0.000000151. The van der Waals surface area contributed by atoms with E-state index in [1.807, 2.05) is 0 Å². The molecular formula is C26H56F8N4O6S2-2. The molecule has 4 saturated heterocycles. The number of nitrogens with zero attached hydrogens (tertiary/aromatic N) is 4. The van der Waals surface area contributed by atoms with Gasteiger partial charge in [0.1, 0.15) is 9.84 Å². The van der Waals surface area contributed by atoms with E-state index in [4.69, 9.17) is 9.47 Å². The summed E-state index contributed by atoms with van der Waals surface area (Å²) in [7, 11) is -1.50. The molecule has 0 aromatic carbocycles. The molecule has 0 aromatic heterocycles. The van der Waals surface area contributed by atoms with Crippen molar-refractivity contribution in [2.45, 2.75) is 63.3 Å². The minimum absolute atomic E-state index is 0. The third kappa shape index (κ3) is 25.2. The molecule has 1 saturated carbocycles. The Kier molecular flexibility index (Phi) is 34.5. The lowest BCUT2D eigenvalue weighted by molar-refractivity contribution is -0.0434. The Morgan fingerprint density at radius 3 is 1.24 bits per heavy atom. The number of rotatable bonds is 1. The average Bonchev–Trinajstić information content (AvgIpc) is 3.47. The molecule has 10 nitrogen and oxygen atoms in total. The molecule has 46 heavy (non-hydrogen) atoms. The number of hydrogen-bond donors (Lipinski definition) is 0. The van der Waals surface area contributed by atoms with Crippen LogP contribution in [0.3, 0.4) is 0 Å². The molecule has 1 aliphatic carbocycles. The Labute approximate surface area is 269 Å². The van der Waals surface area contributed by atoms with Gasteiger partial charge in [-0.3, -0.25) is 31.9 Å². The van der Waals surface area contributed by atoms with Gasteiger partial charge in [-0.15, -0.1) is 6.54 Å². The van der Waals surface area contributed by atoms with E-state index in [0.29, 0.717) is 19.4 Å². The van der Waals surface area contributed by atoms with Crippen LogP contribution in [-0.2, 0) is 29.3 Å². The molecule has 0 amide bonds. The van der Waals surface area contributed by atoms with Gasteiger partial charge in [0.15, 0.2) is 0 Å². The molecule has 0 radical (unpaired) electrons. The average molecular weight is 737 g/mol. The molecule has 5 fully saturated rings. The van der Waals surface area contributed by atoms with Crippen LogP contribution in [0.4, 0.5) is 36.7 Å². The first-order chi connectivity index (χ1) is 19.2. The molecule has 0 spiro atoms. The Morgan fingerprint density at radius 1 is 0.630 bits per heavy atom. The molecule has 4 aliphatic heterocycles. The Morgan fingerprint density at radius 2 is 1.02 bits per heavy atom. The summed E-state index contributed by atoms with van der Waals surface area (Å²) in [6.07, 6.45) is 7.22. The molecule has 0 aromatic rings. The van der Waals surface area contributed by atoms with Crippen molar-refractivity contribution in [2.24, 2.45) is 0 Å². The van der Waals surface area contributed by atoms with Crippen LogP contribution < -0.4 is 0 Å². The van der Waals surface area contributed by atoms with Crippen LogP contribution in [-0.4, -0.2) is 136 Å². The van der Waals surface area contributed by atoms with Crippen molar-refractivity contribution in [3.05, 3.63) is 9.97 Å². The highest BCUT2D eigenvalue weighted by atomic mass is 32.2. The predicted octanol–water partition coefficient (Wildman–Crippen LogP) is 4.27. The van der Waals surface area contributed by atoms with Gasteiger partial charge in [0.05, 0.1) is 36.5 Å². The van der Waals surface area contributed by atoms with Crippen LogP contribution in [0.25, 0.3) is 4.72 Å². The van der Waals surface area contributed by atoms with Crippen molar-refractivity contribution < 1.29 is 63.0 Å². The van der Waals surface area contributed by atoms with Crippen molar-refractivity contribution in [1.29, 1.82) is 0 Å². The zero-order valence-electron chi connectivity index (χ0n) is 27.1. The van der Waals surface area contributed by atoms with Gasteiger partial charge in [-0.05, 0) is 53.5 Å². The van der Waals surface area contributed by atoms with E-state index in [-0.39, 0.29) is 47.4 Å². The number of morpholine rings is 2. The summed E-state index contributed by atoms with van der Waals surface area (Å²) in [6.45, 7) is 11.2. The van der Waals surface area contributed by atoms with E-state index < -0.39 is 25.4 Å². The topological polar surface area (TPSA) is 111 Å². The number of piperidine rings is 1. The lowest BCUT2D eigenvalue weighted by atomic mass is 10.1. The first-order valence-electron chi connectivity index (χ1n) is 14.5. The quantitative estimate of drug-likeness (QED) is 0.288. The third-order valence-corrected chi connectivity index (χ3v) is 10.2. The second-order valence-electron chi connectivity index (χ2n) is 10.7. The number of sulfonamides is 1. The maximum absolute atomic E-state index is 11.9. The van der Waals surface area contributed by atoms with Gasteiger partial charge in [-0.1, -0.05) is 25.7 Å². The first kappa shape index (κ1) is 54.5. The maximum Gasteiger partial charge on any atom is 0.468 e. The van der Waals surface area contributed by atoms with Crippen LogP contribution in [0.15, 0.2) is 0 Å². The van der Waals surface area contributed by atoms with Gasteiger partial charge in [-0.2, -0.15) is 31.3 Å². The summed E-state index contributed by atoms with van der Waals surface area (Å²) < 4.78 is 91.6. The third-order valence-electron chi connectivity index (χ3n) is 6.99. The van der Waals surface area contributed by atoms with E-state index in [1.165, 1.54) is 32.4 Å². The monoisotopic (exact) mass is 736 g/mol. The van der Waals surface area contributed by atoms with Gasteiger partial charge in [-0.25, -0.2) is 8.42 Å². The number of halogens is 8. The largest absolute Gasteiger partial charge is 0.549 e. The van der Waals surface area contributed by atoms with E-state index in [1.54, 1.807) is 0 Å². The highest BCUT2D eigenvalue weighted by Gasteiger charge is 2.42. The van der Waals surface area contributed by atoms with Crippen LogP contribution in [0, 0.1) is 5.25 Å². The minimum atomic E-state index is -5.10. The van der Waals surface area contributed by atoms with Gasteiger partial charge in [0, 0.05) is 31.9 Å². The van der Waals surface area contributed by atoms with Crippen molar-refractivity contribution in [1.82, 2.24) is 14.7 Å². The lowest BCUT2D eigenvalue weighted by Crippen LogP contribution is -2.32. The zero-order chi connectivity index (χ0) is 30.8. The number of alkyl halides is 3. The lowest BCUT2D eigenvalue weighted by Gasteiger charge is -2.24. The number of likely N-dealkylation sites (tertiary alicyclic amines) is 1. The van der Waals surface area contributed by atoms with E-state index in [2.05, 4.69) is 40.6 Å². The molecule has 4 heterocycles. The second kappa shape index (κ2) is 29.1. The van der Waals surface area contributed by atoms with Crippen LogP contribution in [0.1, 0.15) is 57.8 Å². The molecule has 286 valence electrons. The van der Waals surface area contributed by atoms with Crippen LogP contribution in [0.2, 0.25) is 0 Å². The van der Waals surface area contributed by atoms with Crippen LogP contribution in [0.5, 0.6) is 0 Å². The minimum Gasteiger partial charge on any atom is -0.549 e. The summed E-state index contributed by atoms with van der Waals surface area (Å²) in [4.78, 5) is 6.93. The molecule has 5 rings (SSSR count). The molecule has 0 atom stereocenters.